The maximum absolute atomic E-state index is 6.16. The van der Waals surface area contributed by atoms with Gasteiger partial charge in [0, 0.05) is 11.6 Å². The number of nitrogens with zero attached hydrogens (tertiary/aromatic N) is 1. The number of pyridine rings is 1. The summed E-state index contributed by atoms with van der Waals surface area (Å²) in [6.07, 6.45) is 1.71. The van der Waals surface area contributed by atoms with Crippen molar-refractivity contribution in [2.24, 2.45) is 0 Å². The van der Waals surface area contributed by atoms with Gasteiger partial charge in [0.1, 0.15) is 0 Å². The van der Waals surface area contributed by atoms with Crippen LogP contribution < -0.4 is 5.46 Å². The fourth-order valence-electron chi connectivity index (χ4n) is 2.26. The summed E-state index contributed by atoms with van der Waals surface area (Å²) in [6.45, 7) is 8.18. The lowest BCUT2D eigenvalue weighted by Gasteiger charge is -2.32. The Kier molecular flexibility index (Phi) is 3.09. The van der Waals surface area contributed by atoms with Crippen molar-refractivity contribution in [2.45, 2.75) is 38.9 Å². The number of fused-ring (bicyclic) bond motifs is 1. The molecule has 5 heteroatoms. The van der Waals surface area contributed by atoms with Crippen molar-refractivity contribution in [1.82, 2.24) is 4.98 Å². The Bertz CT molecular complexity index is 656. The zero-order valence-electron chi connectivity index (χ0n) is 12.1. The first-order valence-electron chi connectivity index (χ1n) is 6.70. The molecule has 1 saturated heterocycles. The van der Waals surface area contributed by atoms with Gasteiger partial charge in [-0.3, -0.25) is 4.98 Å². The molecule has 1 aromatic heterocycles. The summed E-state index contributed by atoms with van der Waals surface area (Å²) >= 11 is 6.16. The Morgan fingerprint density at radius 1 is 1.05 bits per heavy atom. The van der Waals surface area contributed by atoms with E-state index in [9.17, 15) is 0 Å². The average molecular weight is 290 g/mol. The van der Waals surface area contributed by atoms with Gasteiger partial charge < -0.3 is 9.31 Å². The highest BCUT2D eigenvalue weighted by Gasteiger charge is 2.51. The van der Waals surface area contributed by atoms with Gasteiger partial charge in [0.2, 0.25) is 0 Å². The Hall–Kier alpha value is -1.10. The van der Waals surface area contributed by atoms with E-state index in [0.29, 0.717) is 5.02 Å². The van der Waals surface area contributed by atoms with E-state index in [-0.39, 0.29) is 18.3 Å². The molecule has 0 unspecified atom stereocenters. The van der Waals surface area contributed by atoms with Crippen LogP contribution in [0.25, 0.3) is 10.9 Å². The third kappa shape index (κ3) is 2.12. The highest BCUT2D eigenvalue weighted by molar-refractivity contribution is 6.62. The summed E-state index contributed by atoms with van der Waals surface area (Å²) < 4.78 is 12.1. The molecule has 1 aromatic carbocycles. The molecule has 2 aromatic rings. The van der Waals surface area contributed by atoms with Crippen molar-refractivity contribution in [3.63, 3.8) is 0 Å². The average Bonchev–Trinajstić information content (AvgIpc) is 2.58. The number of hydrogen-bond acceptors (Lipinski definition) is 3. The molecule has 0 atom stereocenters. The van der Waals surface area contributed by atoms with Crippen molar-refractivity contribution in [1.29, 1.82) is 0 Å². The minimum atomic E-state index is -0.370. The lowest BCUT2D eigenvalue weighted by molar-refractivity contribution is 0.00578. The van der Waals surface area contributed by atoms with Gasteiger partial charge in [-0.1, -0.05) is 23.7 Å². The Balaban J connectivity index is 2.00. The second kappa shape index (κ2) is 4.45. The van der Waals surface area contributed by atoms with Gasteiger partial charge >= 0.3 is 7.12 Å². The Morgan fingerprint density at radius 2 is 1.70 bits per heavy atom. The van der Waals surface area contributed by atoms with E-state index < -0.39 is 0 Å². The zero-order valence-corrected chi connectivity index (χ0v) is 12.9. The van der Waals surface area contributed by atoms with Gasteiger partial charge in [0.05, 0.1) is 21.7 Å². The zero-order chi connectivity index (χ0) is 14.5. The van der Waals surface area contributed by atoms with E-state index in [1.165, 1.54) is 0 Å². The lowest BCUT2D eigenvalue weighted by Crippen LogP contribution is -2.41. The van der Waals surface area contributed by atoms with Gasteiger partial charge in [-0.25, -0.2) is 0 Å². The summed E-state index contributed by atoms with van der Waals surface area (Å²) in [5.41, 5.74) is 1.14. The fourth-order valence-corrected chi connectivity index (χ4v) is 2.47. The summed E-state index contributed by atoms with van der Waals surface area (Å²) in [5, 5.41) is 1.64. The van der Waals surface area contributed by atoms with Crippen LogP contribution in [0.15, 0.2) is 30.5 Å². The van der Waals surface area contributed by atoms with E-state index >= 15 is 0 Å². The Morgan fingerprint density at radius 3 is 2.35 bits per heavy atom. The predicted molar refractivity (Wildman–Crippen MR) is 82.5 cm³/mol. The van der Waals surface area contributed by atoms with Crippen molar-refractivity contribution in [3.05, 3.63) is 35.5 Å². The van der Waals surface area contributed by atoms with E-state index in [4.69, 9.17) is 20.9 Å². The van der Waals surface area contributed by atoms with Gasteiger partial charge in [0.15, 0.2) is 0 Å². The number of hydrogen-bond donors (Lipinski definition) is 0. The summed E-state index contributed by atoms with van der Waals surface area (Å²) in [6, 6.07) is 7.71. The number of halogens is 1. The van der Waals surface area contributed by atoms with Crippen LogP contribution in [0.5, 0.6) is 0 Å². The number of rotatable bonds is 1. The molecule has 0 bridgehead atoms. The van der Waals surface area contributed by atoms with Crippen LogP contribution in [0.2, 0.25) is 5.02 Å². The molecule has 0 N–H and O–H groups in total. The van der Waals surface area contributed by atoms with E-state index in [2.05, 4.69) is 4.98 Å². The molecule has 0 amide bonds. The van der Waals surface area contributed by atoms with Crippen LogP contribution in [-0.4, -0.2) is 23.3 Å². The highest BCUT2D eigenvalue weighted by atomic mass is 35.5. The molecule has 1 aliphatic rings. The Labute approximate surface area is 124 Å². The molecule has 1 fully saturated rings. The van der Waals surface area contributed by atoms with Crippen LogP contribution in [0.1, 0.15) is 27.7 Å². The molecular weight excluding hydrogens is 272 g/mol. The predicted octanol–water partition coefficient (Wildman–Crippen LogP) is 3.19. The molecule has 0 spiro atoms. The van der Waals surface area contributed by atoms with Crippen molar-refractivity contribution in [3.8, 4) is 0 Å². The van der Waals surface area contributed by atoms with Crippen LogP contribution in [0, 0.1) is 0 Å². The first-order valence-corrected chi connectivity index (χ1v) is 7.08. The minimum absolute atomic E-state index is 0.339. The topological polar surface area (TPSA) is 31.4 Å². The monoisotopic (exact) mass is 289 g/mol. The molecule has 3 rings (SSSR count). The van der Waals surface area contributed by atoms with Gasteiger partial charge in [-0.2, -0.15) is 0 Å². The third-order valence-corrected chi connectivity index (χ3v) is 4.57. The smallest absolute Gasteiger partial charge is 0.399 e. The third-order valence-electron chi connectivity index (χ3n) is 4.24. The molecule has 3 nitrogen and oxygen atoms in total. The SMILES string of the molecule is CC1(C)OB(c2ccc3c(Cl)ccnc3c2)OC1(C)C. The maximum Gasteiger partial charge on any atom is 0.494 e. The molecule has 20 heavy (non-hydrogen) atoms. The molecule has 104 valence electrons. The number of aromatic nitrogens is 1. The molecule has 0 saturated carbocycles. The summed E-state index contributed by atoms with van der Waals surface area (Å²) in [7, 11) is -0.370. The minimum Gasteiger partial charge on any atom is -0.399 e. The second-order valence-electron chi connectivity index (χ2n) is 6.16. The van der Waals surface area contributed by atoms with Crippen LogP contribution >= 0.6 is 11.6 Å². The van der Waals surface area contributed by atoms with Crippen molar-refractivity contribution < 1.29 is 9.31 Å². The normalized spacial score (nSPS) is 20.6. The highest BCUT2D eigenvalue weighted by Crippen LogP contribution is 2.36. The number of benzene rings is 1. The second-order valence-corrected chi connectivity index (χ2v) is 6.56. The molecule has 0 radical (unpaired) electrons. The summed E-state index contributed by atoms with van der Waals surface area (Å²) in [5.74, 6) is 0. The lowest BCUT2D eigenvalue weighted by atomic mass is 9.79. The molecule has 1 aliphatic heterocycles. The maximum atomic E-state index is 6.16. The molecular formula is C15H17BClNO2. The summed E-state index contributed by atoms with van der Waals surface area (Å²) in [4.78, 5) is 4.35. The standard InChI is InChI=1S/C15H17BClNO2/c1-14(2)15(3,4)20-16(19-14)10-5-6-11-12(17)7-8-18-13(11)9-10/h5-9H,1-4H3. The largest absolute Gasteiger partial charge is 0.494 e. The molecule has 2 heterocycles. The van der Waals surface area contributed by atoms with Crippen molar-refractivity contribution >= 4 is 35.1 Å². The van der Waals surface area contributed by atoms with Crippen LogP contribution in [0.4, 0.5) is 0 Å². The van der Waals surface area contributed by atoms with Gasteiger partial charge in [-0.15, -0.1) is 0 Å². The first kappa shape index (κ1) is 13.9. The quantitative estimate of drug-likeness (QED) is 0.756. The fraction of sp³-hybridized carbons (Fsp3) is 0.400. The van der Waals surface area contributed by atoms with Crippen molar-refractivity contribution in [2.75, 3.05) is 0 Å². The van der Waals surface area contributed by atoms with E-state index in [1.54, 1.807) is 12.3 Å². The van der Waals surface area contributed by atoms with Gasteiger partial charge in [0.25, 0.3) is 0 Å². The first-order chi connectivity index (χ1) is 9.30. The van der Waals surface area contributed by atoms with E-state index in [0.717, 1.165) is 16.4 Å². The van der Waals surface area contributed by atoms with Crippen LogP contribution in [0.3, 0.4) is 0 Å². The van der Waals surface area contributed by atoms with Gasteiger partial charge in [-0.05, 0) is 45.3 Å². The van der Waals surface area contributed by atoms with E-state index in [1.807, 2.05) is 45.9 Å². The molecule has 0 aliphatic carbocycles. The van der Waals surface area contributed by atoms with Crippen LogP contribution in [-0.2, 0) is 9.31 Å².